The van der Waals surface area contributed by atoms with Gasteiger partial charge in [0.2, 0.25) is 0 Å². The number of hydrogen-bond donors (Lipinski definition) is 0. The normalized spacial score (nSPS) is 24.8. The van der Waals surface area contributed by atoms with Crippen LogP contribution in [0.4, 0.5) is 0 Å². The van der Waals surface area contributed by atoms with Crippen molar-refractivity contribution in [2.75, 3.05) is 7.11 Å². The number of nitrogens with zero attached hydrogens (tertiary/aromatic N) is 1. The molecule has 0 amide bonds. The molecule has 1 aromatic heterocycles. The second kappa shape index (κ2) is 3.33. The summed E-state index contributed by atoms with van der Waals surface area (Å²) in [7, 11) is 1.72. The number of hydrogen-bond acceptors (Lipinski definition) is 3. The van der Waals surface area contributed by atoms with Crippen LogP contribution in [0.2, 0.25) is 0 Å². The summed E-state index contributed by atoms with van der Waals surface area (Å²) in [4.78, 5) is 5.64. The predicted octanol–water partition coefficient (Wildman–Crippen LogP) is 2.90. The van der Waals surface area contributed by atoms with Gasteiger partial charge in [0.05, 0.1) is 15.6 Å². The van der Waals surface area contributed by atoms with E-state index >= 15 is 0 Å². The van der Waals surface area contributed by atoms with Crippen LogP contribution < -0.4 is 0 Å². The van der Waals surface area contributed by atoms with E-state index in [2.05, 4.69) is 17.1 Å². The fourth-order valence-electron chi connectivity index (χ4n) is 1.37. The van der Waals surface area contributed by atoms with Crippen LogP contribution in [0.25, 0.3) is 12.2 Å². The number of aryl methyl sites for hydroxylation is 1. The molecule has 1 unspecified atom stereocenters. The van der Waals surface area contributed by atoms with Crippen LogP contribution in [0.3, 0.4) is 0 Å². The Morgan fingerprint density at radius 1 is 1.36 bits per heavy atom. The smallest absolute Gasteiger partial charge is 0.102 e. The summed E-state index contributed by atoms with van der Waals surface area (Å²) < 4.78 is 5.39. The third-order valence-corrected chi connectivity index (χ3v) is 3.32. The van der Waals surface area contributed by atoms with Crippen molar-refractivity contribution in [3.05, 3.63) is 27.7 Å². The van der Waals surface area contributed by atoms with Gasteiger partial charge in [-0.3, -0.25) is 0 Å². The van der Waals surface area contributed by atoms with Crippen molar-refractivity contribution in [1.29, 1.82) is 0 Å². The van der Waals surface area contributed by atoms with E-state index in [4.69, 9.17) is 4.74 Å². The molecule has 0 spiro atoms. The molecule has 0 fully saturated rings. The highest BCUT2D eigenvalue weighted by Crippen LogP contribution is 2.27. The predicted molar refractivity (Wildman–Crippen MR) is 60.3 cm³/mol. The Bertz CT molecular complexity index is 372. The average Bonchev–Trinajstić information content (AvgIpc) is 2.46. The van der Waals surface area contributed by atoms with Gasteiger partial charge in [0.15, 0.2) is 0 Å². The maximum absolute atomic E-state index is 5.39. The van der Waals surface area contributed by atoms with Crippen molar-refractivity contribution >= 4 is 23.5 Å². The zero-order valence-electron chi connectivity index (χ0n) is 8.57. The van der Waals surface area contributed by atoms with Crippen molar-refractivity contribution in [3.8, 4) is 0 Å². The molecule has 14 heavy (non-hydrogen) atoms. The van der Waals surface area contributed by atoms with Gasteiger partial charge in [-0.1, -0.05) is 0 Å². The van der Waals surface area contributed by atoms with Crippen LogP contribution in [0, 0.1) is 6.92 Å². The van der Waals surface area contributed by atoms with Gasteiger partial charge in [0, 0.05) is 7.11 Å². The summed E-state index contributed by atoms with van der Waals surface area (Å²) >= 11 is 1.71. The number of thiazole rings is 1. The molecular formula is C11H13NOS. The molecule has 0 saturated carbocycles. The molecule has 0 aromatic carbocycles. The standard InChI is InChI=1S/C11H13NOS/c1-8-12-9-4-6-11(2,13-3)7-5-10(9)14-8/h4-7H,1-3H3. The topological polar surface area (TPSA) is 22.1 Å². The molecule has 2 rings (SSSR count). The minimum atomic E-state index is -0.297. The SMILES string of the molecule is COC1(C)C=Cc2nc(C)sc2C=C1. The Balaban J connectivity index is 2.44. The Hall–Kier alpha value is -0.930. The van der Waals surface area contributed by atoms with E-state index in [1.54, 1.807) is 18.4 Å². The number of rotatable bonds is 1. The third kappa shape index (κ3) is 1.65. The highest BCUT2D eigenvalue weighted by atomic mass is 32.1. The molecule has 74 valence electrons. The fourth-order valence-corrected chi connectivity index (χ4v) is 2.19. The summed E-state index contributed by atoms with van der Waals surface area (Å²) in [5.74, 6) is 0. The Morgan fingerprint density at radius 3 is 2.79 bits per heavy atom. The Kier molecular flexibility index (Phi) is 2.29. The van der Waals surface area contributed by atoms with E-state index in [9.17, 15) is 0 Å². The Morgan fingerprint density at radius 2 is 2.07 bits per heavy atom. The number of ether oxygens (including phenoxy) is 1. The summed E-state index contributed by atoms with van der Waals surface area (Å²) in [6.45, 7) is 4.06. The summed E-state index contributed by atoms with van der Waals surface area (Å²) in [5.41, 5.74) is 0.749. The molecule has 0 bridgehead atoms. The first-order valence-electron chi connectivity index (χ1n) is 4.54. The van der Waals surface area contributed by atoms with E-state index in [1.165, 1.54) is 4.88 Å². The molecule has 0 aliphatic heterocycles. The second-order valence-corrected chi connectivity index (χ2v) is 4.77. The minimum absolute atomic E-state index is 0.297. The van der Waals surface area contributed by atoms with Crippen LogP contribution >= 0.6 is 11.3 Å². The van der Waals surface area contributed by atoms with Gasteiger partial charge in [-0.05, 0) is 38.2 Å². The lowest BCUT2D eigenvalue weighted by atomic mass is 10.1. The summed E-state index contributed by atoms with van der Waals surface area (Å²) in [6.07, 6.45) is 8.22. The van der Waals surface area contributed by atoms with Gasteiger partial charge in [-0.15, -0.1) is 11.3 Å². The zero-order chi connectivity index (χ0) is 10.2. The number of fused-ring (bicyclic) bond motifs is 1. The van der Waals surface area contributed by atoms with Gasteiger partial charge in [0.1, 0.15) is 5.60 Å². The van der Waals surface area contributed by atoms with Crippen molar-refractivity contribution in [2.24, 2.45) is 0 Å². The van der Waals surface area contributed by atoms with Crippen LogP contribution in [-0.4, -0.2) is 17.7 Å². The Labute approximate surface area is 87.9 Å². The van der Waals surface area contributed by atoms with Gasteiger partial charge >= 0.3 is 0 Å². The maximum Gasteiger partial charge on any atom is 0.102 e. The van der Waals surface area contributed by atoms with Crippen LogP contribution in [0.5, 0.6) is 0 Å². The number of aromatic nitrogens is 1. The monoisotopic (exact) mass is 207 g/mol. The molecule has 1 heterocycles. The van der Waals surface area contributed by atoms with Gasteiger partial charge in [-0.2, -0.15) is 0 Å². The molecule has 3 heteroatoms. The molecule has 2 nitrogen and oxygen atoms in total. The van der Waals surface area contributed by atoms with E-state index in [0.29, 0.717) is 0 Å². The van der Waals surface area contributed by atoms with Crippen LogP contribution in [-0.2, 0) is 4.74 Å². The first-order chi connectivity index (χ1) is 6.63. The average molecular weight is 207 g/mol. The second-order valence-electron chi connectivity index (χ2n) is 3.54. The summed E-state index contributed by atoms with van der Waals surface area (Å²) in [6, 6.07) is 0. The van der Waals surface area contributed by atoms with Crippen LogP contribution in [0.1, 0.15) is 22.5 Å². The molecule has 1 atom stereocenters. The highest BCUT2D eigenvalue weighted by molar-refractivity contribution is 7.12. The lowest BCUT2D eigenvalue weighted by molar-refractivity contribution is 0.0922. The summed E-state index contributed by atoms with van der Waals surface area (Å²) in [5, 5.41) is 1.10. The first-order valence-corrected chi connectivity index (χ1v) is 5.36. The molecule has 1 aliphatic carbocycles. The van der Waals surface area contributed by atoms with Crippen molar-refractivity contribution < 1.29 is 4.74 Å². The largest absolute Gasteiger partial charge is 0.370 e. The van der Waals surface area contributed by atoms with Gasteiger partial charge in [0.25, 0.3) is 0 Å². The van der Waals surface area contributed by atoms with Gasteiger partial charge < -0.3 is 4.74 Å². The molecule has 0 N–H and O–H groups in total. The van der Waals surface area contributed by atoms with Gasteiger partial charge in [-0.25, -0.2) is 4.98 Å². The fraction of sp³-hybridized carbons (Fsp3) is 0.364. The molecule has 0 radical (unpaired) electrons. The van der Waals surface area contributed by atoms with Crippen LogP contribution in [0.15, 0.2) is 12.2 Å². The first kappa shape index (κ1) is 9.62. The van der Waals surface area contributed by atoms with Crippen molar-refractivity contribution in [2.45, 2.75) is 19.4 Å². The van der Waals surface area contributed by atoms with E-state index < -0.39 is 0 Å². The molecular weight excluding hydrogens is 194 g/mol. The quantitative estimate of drug-likeness (QED) is 0.706. The highest BCUT2D eigenvalue weighted by Gasteiger charge is 2.19. The third-order valence-electron chi connectivity index (χ3n) is 2.37. The van der Waals surface area contributed by atoms with E-state index in [0.717, 1.165) is 10.7 Å². The van der Waals surface area contributed by atoms with E-state index in [1.807, 2.05) is 26.0 Å². The lowest BCUT2D eigenvalue weighted by Crippen LogP contribution is -2.19. The van der Waals surface area contributed by atoms with Crippen molar-refractivity contribution in [3.63, 3.8) is 0 Å². The minimum Gasteiger partial charge on any atom is -0.370 e. The zero-order valence-corrected chi connectivity index (χ0v) is 9.39. The molecule has 1 aromatic rings. The molecule has 1 aliphatic rings. The molecule has 0 saturated heterocycles. The lowest BCUT2D eigenvalue weighted by Gasteiger charge is -2.18. The van der Waals surface area contributed by atoms with E-state index in [-0.39, 0.29) is 5.60 Å². The van der Waals surface area contributed by atoms with Crippen molar-refractivity contribution in [1.82, 2.24) is 4.98 Å². The maximum atomic E-state index is 5.39. The number of methoxy groups -OCH3 is 1.